The summed E-state index contributed by atoms with van der Waals surface area (Å²) < 4.78 is 28.0. The number of hydrogen-bond donors (Lipinski definition) is 0. The van der Waals surface area contributed by atoms with Gasteiger partial charge in [-0.2, -0.15) is 0 Å². The normalized spacial score (nSPS) is 17.2. The van der Waals surface area contributed by atoms with Crippen LogP contribution in [0.5, 0.6) is 0 Å². The number of amides is 1. The number of anilines is 2. The quantitative estimate of drug-likeness (QED) is 0.522. The van der Waals surface area contributed by atoms with Crippen molar-refractivity contribution in [3.05, 3.63) is 63.7 Å². The van der Waals surface area contributed by atoms with Gasteiger partial charge in [0.25, 0.3) is 11.6 Å². The van der Waals surface area contributed by atoms with Gasteiger partial charge in [-0.1, -0.05) is 12.8 Å². The summed E-state index contributed by atoms with van der Waals surface area (Å²) in [5.41, 5.74) is 0.914. The molecule has 4 rings (SSSR count). The van der Waals surface area contributed by atoms with Gasteiger partial charge in [-0.15, -0.1) is 0 Å². The van der Waals surface area contributed by atoms with Gasteiger partial charge >= 0.3 is 0 Å². The van der Waals surface area contributed by atoms with Crippen molar-refractivity contribution in [2.24, 2.45) is 0 Å². The summed E-state index contributed by atoms with van der Waals surface area (Å²) in [6.45, 7) is 2.97. The van der Waals surface area contributed by atoms with E-state index in [1.807, 2.05) is 9.80 Å². The number of carbonyl (C=O) groups excluding carboxylic acids is 1. The number of nitro benzene ring substituents is 1. The molecule has 2 aliphatic rings. The molecule has 0 atom stereocenters. The molecule has 7 nitrogen and oxygen atoms in total. The molecule has 2 fully saturated rings. The average molecular weight is 444 g/mol. The number of nitrogens with zero attached hydrogens (tertiary/aromatic N) is 4. The highest BCUT2D eigenvalue weighted by Crippen LogP contribution is 2.36. The van der Waals surface area contributed by atoms with Gasteiger partial charge in [-0.25, -0.2) is 8.78 Å². The Morgan fingerprint density at radius 3 is 2.00 bits per heavy atom. The zero-order valence-corrected chi connectivity index (χ0v) is 17.8. The van der Waals surface area contributed by atoms with E-state index in [-0.39, 0.29) is 11.6 Å². The van der Waals surface area contributed by atoms with Crippen LogP contribution in [0.25, 0.3) is 0 Å². The first kappa shape index (κ1) is 22.0. The van der Waals surface area contributed by atoms with Crippen molar-refractivity contribution in [1.82, 2.24) is 4.90 Å². The Balaban J connectivity index is 1.53. The van der Waals surface area contributed by atoms with Gasteiger partial charge in [-0.05, 0) is 43.2 Å². The van der Waals surface area contributed by atoms with Crippen LogP contribution in [0.15, 0.2) is 36.4 Å². The minimum Gasteiger partial charge on any atom is -0.369 e. The van der Waals surface area contributed by atoms with E-state index in [2.05, 4.69) is 0 Å². The third-order valence-corrected chi connectivity index (χ3v) is 6.19. The Morgan fingerprint density at radius 1 is 0.812 bits per heavy atom. The summed E-state index contributed by atoms with van der Waals surface area (Å²) in [7, 11) is 0. The maximum atomic E-state index is 14.8. The number of hydrogen-bond acceptors (Lipinski definition) is 5. The minimum absolute atomic E-state index is 0.205. The molecule has 2 saturated heterocycles. The second-order valence-corrected chi connectivity index (χ2v) is 8.24. The molecule has 1 amide bonds. The molecule has 2 heterocycles. The van der Waals surface area contributed by atoms with Crippen LogP contribution in [0.1, 0.15) is 36.0 Å². The Bertz CT molecular complexity index is 983. The fraction of sp³-hybridized carbons (Fsp3) is 0.435. The summed E-state index contributed by atoms with van der Waals surface area (Å²) in [6.07, 6.45) is 4.13. The van der Waals surface area contributed by atoms with Crippen molar-refractivity contribution in [2.75, 3.05) is 49.1 Å². The van der Waals surface area contributed by atoms with Crippen LogP contribution < -0.4 is 9.80 Å². The van der Waals surface area contributed by atoms with Gasteiger partial charge < -0.3 is 14.7 Å². The van der Waals surface area contributed by atoms with Crippen LogP contribution in [0.3, 0.4) is 0 Å². The molecule has 0 bridgehead atoms. The maximum absolute atomic E-state index is 14.8. The number of nitro groups is 1. The third kappa shape index (κ3) is 4.66. The molecule has 0 N–H and O–H groups in total. The van der Waals surface area contributed by atoms with Gasteiger partial charge in [0.05, 0.1) is 16.7 Å². The van der Waals surface area contributed by atoms with Crippen LogP contribution in [-0.2, 0) is 0 Å². The maximum Gasteiger partial charge on any atom is 0.295 e. The van der Waals surface area contributed by atoms with Gasteiger partial charge in [0.15, 0.2) is 5.82 Å². The largest absolute Gasteiger partial charge is 0.369 e. The summed E-state index contributed by atoms with van der Waals surface area (Å²) >= 11 is 0. The molecule has 2 aromatic rings. The number of piperazine rings is 1. The standard InChI is InChI=1S/C23H26F2N4O3/c24-18-7-5-17(6-8-18)23(30)28-13-11-27(12-14-28)21-16-20(19(25)15-22(21)29(31)32)26-9-3-1-2-4-10-26/h5-8,15-16H,1-4,9-14H2. The first-order chi connectivity index (χ1) is 15.4. The molecule has 0 saturated carbocycles. The number of halogens is 2. The summed E-state index contributed by atoms with van der Waals surface area (Å²) in [5.74, 6) is -1.19. The zero-order valence-electron chi connectivity index (χ0n) is 17.8. The average Bonchev–Trinajstić information content (AvgIpc) is 3.08. The fourth-order valence-electron chi connectivity index (χ4n) is 4.42. The second-order valence-electron chi connectivity index (χ2n) is 8.24. The number of carbonyl (C=O) groups is 1. The first-order valence-corrected chi connectivity index (χ1v) is 11.0. The molecule has 2 aromatic carbocycles. The topological polar surface area (TPSA) is 69.9 Å². The van der Waals surface area contributed by atoms with Crippen LogP contribution in [-0.4, -0.2) is 55.0 Å². The molecule has 0 spiro atoms. The highest BCUT2D eigenvalue weighted by atomic mass is 19.1. The fourth-order valence-corrected chi connectivity index (χ4v) is 4.42. The molecule has 9 heteroatoms. The Hall–Kier alpha value is -3.23. The van der Waals surface area contributed by atoms with E-state index in [0.717, 1.165) is 44.8 Å². The van der Waals surface area contributed by atoms with E-state index in [1.165, 1.54) is 24.3 Å². The number of rotatable bonds is 4. The van der Waals surface area contributed by atoms with Gasteiger partial charge in [0.2, 0.25) is 0 Å². The predicted octanol–water partition coefficient (Wildman–Crippen LogP) is 4.22. The van der Waals surface area contributed by atoms with E-state index in [1.54, 1.807) is 11.0 Å². The van der Waals surface area contributed by atoms with Crippen molar-refractivity contribution in [1.29, 1.82) is 0 Å². The van der Waals surface area contributed by atoms with Crippen LogP contribution in [0, 0.1) is 21.7 Å². The van der Waals surface area contributed by atoms with Crippen LogP contribution >= 0.6 is 0 Å². The highest BCUT2D eigenvalue weighted by molar-refractivity contribution is 5.94. The second kappa shape index (κ2) is 9.50. The third-order valence-electron chi connectivity index (χ3n) is 6.19. The lowest BCUT2D eigenvalue weighted by Crippen LogP contribution is -2.49. The summed E-state index contributed by atoms with van der Waals surface area (Å²) in [5, 5.41) is 11.6. The van der Waals surface area contributed by atoms with Crippen LogP contribution in [0.4, 0.5) is 25.8 Å². The van der Waals surface area contributed by atoms with E-state index in [9.17, 15) is 23.7 Å². The van der Waals surface area contributed by atoms with Gasteiger partial charge in [0, 0.05) is 44.8 Å². The molecule has 170 valence electrons. The highest BCUT2D eigenvalue weighted by Gasteiger charge is 2.29. The predicted molar refractivity (Wildman–Crippen MR) is 118 cm³/mol. The molecule has 2 aliphatic heterocycles. The monoisotopic (exact) mass is 444 g/mol. The molecular weight excluding hydrogens is 418 g/mol. The Labute approximate surface area is 185 Å². The Morgan fingerprint density at radius 2 is 1.41 bits per heavy atom. The molecule has 0 unspecified atom stereocenters. The first-order valence-electron chi connectivity index (χ1n) is 11.0. The zero-order chi connectivity index (χ0) is 22.7. The smallest absolute Gasteiger partial charge is 0.295 e. The molecule has 32 heavy (non-hydrogen) atoms. The summed E-state index contributed by atoms with van der Waals surface area (Å²) in [6, 6.07) is 8.00. The van der Waals surface area contributed by atoms with Crippen molar-refractivity contribution < 1.29 is 18.5 Å². The summed E-state index contributed by atoms with van der Waals surface area (Å²) in [4.78, 5) is 29.2. The van der Waals surface area contributed by atoms with E-state index in [0.29, 0.717) is 43.1 Å². The van der Waals surface area contributed by atoms with Crippen molar-refractivity contribution in [3.63, 3.8) is 0 Å². The minimum atomic E-state index is -0.576. The van der Waals surface area contributed by atoms with Gasteiger partial charge in [0.1, 0.15) is 11.5 Å². The van der Waals surface area contributed by atoms with Crippen molar-refractivity contribution >= 4 is 23.0 Å². The van der Waals surface area contributed by atoms with Gasteiger partial charge in [-0.3, -0.25) is 14.9 Å². The van der Waals surface area contributed by atoms with Crippen molar-refractivity contribution in [3.8, 4) is 0 Å². The Kier molecular flexibility index (Phi) is 6.53. The molecule has 0 aliphatic carbocycles. The van der Waals surface area contributed by atoms with E-state index >= 15 is 0 Å². The lowest BCUT2D eigenvalue weighted by molar-refractivity contribution is -0.384. The van der Waals surface area contributed by atoms with Crippen LogP contribution in [0.2, 0.25) is 0 Å². The van der Waals surface area contributed by atoms with E-state index < -0.39 is 16.6 Å². The number of benzene rings is 2. The molecule has 0 radical (unpaired) electrons. The molecule has 0 aromatic heterocycles. The lowest BCUT2D eigenvalue weighted by atomic mass is 10.1. The SMILES string of the molecule is O=C(c1ccc(F)cc1)N1CCN(c2cc(N3CCCCCC3)c(F)cc2[N+](=O)[O-])CC1. The van der Waals surface area contributed by atoms with Crippen molar-refractivity contribution in [2.45, 2.75) is 25.7 Å². The van der Waals surface area contributed by atoms with E-state index in [4.69, 9.17) is 0 Å². The molecular formula is C23H26F2N4O3. The lowest BCUT2D eigenvalue weighted by Gasteiger charge is -2.36.